The van der Waals surface area contributed by atoms with E-state index in [1.54, 1.807) is 0 Å². The second-order valence-corrected chi connectivity index (χ2v) is 3.26. The largest absolute Gasteiger partial charge is 0.419 e. The first kappa shape index (κ1) is 10.7. The van der Waals surface area contributed by atoms with Gasteiger partial charge in [0.1, 0.15) is 11.6 Å². The van der Waals surface area contributed by atoms with Crippen molar-refractivity contribution >= 4 is 16.6 Å². The summed E-state index contributed by atoms with van der Waals surface area (Å²) in [5.74, 6) is -1.19. The minimum absolute atomic E-state index is 0.131. The van der Waals surface area contributed by atoms with E-state index in [0.29, 0.717) is 6.07 Å². The van der Waals surface area contributed by atoms with Crippen molar-refractivity contribution in [1.82, 2.24) is 4.98 Å². The molecule has 0 fully saturated rings. The van der Waals surface area contributed by atoms with Gasteiger partial charge in [-0.25, -0.2) is 9.37 Å². The average Bonchev–Trinajstić information content (AvgIpc) is 2.15. The van der Waals surface area contributed by atoms with Crippen molar-refractivity contribution in [2.75, 3.05) is 5.73 Å². The number of hydrogen-bond acceptors (Lipinski definition) is 2. The van der Waals surface area contributed by atoms with Crippen LogP contribution in [-0.2, 0) is 6.18 Å². The molecule has 6 heteroatoms. The topological polar surface area (TPSA) is 38.9 Å². The van der Waals surface area contributed by atoms with Crippen LogP contribution in [0.25, 0.3) is 10.8 Å². The standard InChI is InChI=1S/C10H6F4N2/c11-9-6-4-16-8(15)3-5(6)1-2-7(9)10(12,13)14/h1-4H,(H2,15,16). The van der Waals surface area contributed by atoms with E-state index >= 15 is 0 Å². The van der Waals surface area contributed by atoms with Gasteiger partial charge < -0.3 is 5.73 Å². The molecule has 0 aliphatic rings. The third-order valence-corrected chi connectivity index (χ3v) is 2.17. The summed E-state index contributed by atoms with van der Waals surface area (Å²) >= 11 is 0. The highest BCUT2D eigenvalue weighted by Crippen LogP contribution is 2.34. The Morgan fingerprint density at radius 3 is 2.50 bits per heavy atom. The van der Waals surface area contributed by atoms with Crippen molar-refractivity contribution in [1.29, 1.82) is 0 Å². The van der Waals surface area contributed by atoms with E-state index in [9.17, 15) is 17.6 Å². The minimum Gasteiger partial charge on any atom is -0.384 e. The SMILES string of the molecule is Nc1cc2ccc(C(F)(F)F)c(F)c2cn1. The predicted octanol–water partition coefficient (Wildman–Crippen LogP) is 2.97. The molecule has 0 unspecified atom stereocenters. The number of rotatable bonds is 0. The molecule has 2 aromatic rings. The second-order valence-electron chi connectivity index (χ2n) is 3.26. The van der Waals surface area contributed by atoms with Crippen LogP contribution in [0.5, 0.6) is 0 Å². The number of benzene rings is 1. The molecule has 1 aromatic carbocycles. The first-order valence-electron chi connectivity index (χ1n) is 4.30. The Labute approximate surface area is 87.7 Å². The van der Waals surface area contributed by atoms with Crippen LogP contribution in [0.4, 0.5) is 23.4 Å². The van der Waals surface area contributed by atoms with Crippen LogP contribution in [0.1, 0.15) is 5.56 Å². The summed E-state index contributed by atoms with van der Waals surface area (Å²) in [5.41, 5.74) is 4.04. The van der Waals surface area contributed by atoms with Crippen LogP contribution in [0.3, 0.4) is 0 Å². The number of aromatic nitrogens is 1. The summed E-state index contributed by atoms with van der Waals surface area (Å²) in [5, 5.41) is 0.0991. The van der Waals surface area contributed by atoms with Crippen molar-refractivity contribution in [3.63, 3.8) is 0 Å². The zero-order valence-electron chi connectivity index (χ0n) is 7.85. The zero-order valence-corrected chi connectivity index (χ0v) is 7.85. The van der Waals surface area contributed by atoms with E-state index < -0.39 is 17.6 Å². The van der Waals surface area contributed by atoms with E-state index in [-0.39, 0.29) is 16.6 Å². The molecule has 0 amide bonds. The summed E-state index contributed by atoms with van der Waals surface area (Å²) in [6.45, 7) is 0. The molecule has 2 N–H and O–H groups in total. The third-order valence-electron chi connectivity index (χ3n) is 2.17. The van der Waals surface area contributed by atoms with Gasteiger partial charge in [0.2, 0.25) is 0 Å². The molecule has 2 nitrogen and oxygen atoms in total. The lowest BCUT2D eigenvalue weighted by molar-refractivity contribution is -0.139. The first-order valence-corrected chi connectivity index (χ1v) is 4.30. The number of fused-ring (bicyclic) bond motifs is 1. The molecule has 0 radical (unpaired) electrons. The van der Waals surface area contributed by atoms with Crippen LogP contribution in [-0.4, -0.2) is 4.98 Å². The van der Waals surface area contributed by atoms with Crippen LogP contribution >= 0.6 is 0 Å². The van der Waals surface area contributed by atoms with Gasteiger partial charge in [-0.1, -0.05) is 6.07 Å². The summed E-state index contributed by atoms with van der Waals surface area (Å²) in [6, 6.07) is 3.18. The van der Waals surface area contributed by atoms with E-state index in [4.69, 9.17) is 5.73 Å². The Balaban J connectivity index is 2.75. The molecule has 16 heavy (non-hydrogen) atoms. The predicted molar refractivity (Wildman–Crippen MR) is 51.1 cm³/mol. The monoisotopic (exact) mass is 230 g/mol. The minimum atomic E-state index is -4.71. The van der Waals surface area contributed by atoms with Gasteiger partial charge in [0.05, 0.1) is 5.56 Å². The fourth-order valence-electron chi connectivity index (χ4n) is 1.42. The number of nitrogen functional groups attached to an aromatic ring is 1. The number of hydrogen-bond donors (Lipinski definition) is 1. The number of alkyl halides is 3. The van der Waals surface area contributed by atoms with Crippen molar-refractivity contribution in [2.45, 2.75) is 6.18 Å². The van der Waals surface area contributed by atoms with Crippen molar-refractivity contribution in [3.8, 4) is 0 Å². The molecule has 0 atom stereocenters. The Morgan fingerprint density at radius 2 is 1.88 bits per heavy atom. The fourth-order valence-corrected chi connectivity index (χ4v) is 1.42. The average molecular weight is 230 g/mol. The quantitative estimate of drug-likeness (QED) is 0.706. The maximum Gasteiger partial charge on any atom is 0.419 e. The van der Waals surface area contributed by atoms with Crippen LogP contribution in [0, 0.1) is 5.82 Å². The lowest BCUT2D eigenvalue weighted by atomic mass is 10.1. The highest BCUT2D eigenvalue weighted by molar-refractivity contribution is 5.85. The summed E-state index contributed by atoms with van der Waals surface area (Å²) < 4.78 is 50.6. The normalized spacial score (nSPS) is 12.0. The molecule has 0 spiro atoms. The van der Waals surface area contributed by atoms with E-state index in [1.807, 2.05) is 0 Å². The molecular weight excluding hydrogens is 224 g/mol. The fraction of sp³-hybridized carbons (Fsp3) is 0.100. The highest BCUT2D eigenvalue weighted by atomic mass is 19.4. The molecule has 0 saturated heterocycles. The number of nitrogens with two attached hydrogens (primary N) is 1. The van der Waals surface area contributed by atoms with Gasteiger partial charge in [-0.05, 0) is 17.5 Å². The van der Waals surface area contributed by atoms with Gasteiger partial charge in [0, 0.05) is 11.6 Å². The lowest BCUT2D eigenvalue weighted by Crippen LogP contribution is -2.08. The number of anilines is 1. The van der Waals surface area contributed by atoms with Gasteiger partial charge in [-0.15, -0.1) is 0 Å². The number of halogens is 4. The van der Waals surface area contributed by atoms with Crippen molar-refractivity contribution in [2.24, 2.45) is 0 Å². The zero-order chi connectivity index (χ0) is 11.9. The number of nitrogens with zero attached hydrogens (tertiary/aromatic N) is 1. The number of pyridine rings is 1. The van der Waals surface area contributed by atoms with Crippen molar-refractivity contribution in [3.05, 3.63) is 35.8 Å². The maximum absolute atomic E-state index is 13.5. The molecule has 2 rings (SSSR count). The van der Waals surface area contributed by atoms with Crippen molar-refractivity contribution < 1.29 is 17.6 Å². The van der Waals surface area contributed by atoms with E-state index in [0.717, 1.165) is 6.20 Å². The van der Waals surface area contributed by atoms with Gasteiger partial charge in [0.15, 0.2) is 0 Å². The molecule has 1 heterocycles. The van der Waals surface area contributed by atoms with Crippen LogP contribution in [0.15, 0.2) is 24.4 Å². The smallest absolute Gasteiger partial charge is 0.384 e. The van der Waals surface area contributed by atoms with Crippen LogP contribution in [0.2, 0.25) is 0 Å². The Bertz CT molecular complexity index is 548. The summed E-state index contributed by atoms with van der Waals surface area (Å²) in [4.78, 5) is 3.56. The highest BCUT2D eigenvalue weighted by Gasteiger charge is 2.34. The first-order chi connectivity index (χ1) is 7.39. The Kier molecular flexibility index (Phi) is 2.22. The molecule has 84 valence electrons. The Hall–Kier alpha value is -1.85. The molecule has 0 aliphatic carbocycles. The van der Waals surface area contributed by atoms with E-state index in [2.05, 4.69) is 4.98 Å². The van der Waals surface area contributed by atoms with E-state index in [1.165, 1.54) is 12.1 Å². The molecule has 1 aromatic heterocycles. The summed E-state index contributed by atoms with van der Waals surface area (Å²) in [6.07, 6.45) is -3.71. The van der Waals surface area contributed by atoms with Gasteiger partial charge in [0.25, 0.3) is 0 Å². The molecule has 0 bridgehead atoms. The lowest BCUT2D eigenvalue weighted by Gasteiger charge is -2.09. The van der Waals surface area contributed by atoms with Gasteiger partial charge in [-0.3, -0.25) is 0 Å². The summed E-state index contributed by atoms with van der Waals surface area (Å²) in [7, 11) is 0. The molecular formula is C10H6F4N2. The van der Waals surface area contributed by atoms with Crippen LogP contribution < -0.4 is 5.73 Å². The Morgan fingerprint density at radius 1 is 1.19 bits per heavy atom. The van der Waals surface area contributed by atoms with Gasteiger partial charge in [-0.2, -0.15) is 13.2 Å². The maximum atomic E-state index is 13.5. The molecule has 0 aliphatic heterocycles. The second kappa shape index (κ2) is 3.33. The molecule has 0 saturated carbocycles. The van der Waals surface area contributed by atoms with Gasteiger partial charge >= 0.3 is 6.18 Å². The third kappa shape index (κ3) is 1.66.